The van der Waals surface area contributed by atoms with Gasteiger partial charge in [0.1, 0.15) is 4.88 Å². The number of carbonyl (C=O) groups is 2. The van der Waals surface area contributed by atoms with E-state index < -0.39 is 0 Å². The first kappa shape index (κ1) is 16.9. The van der Waals surface area contributed by atoms with Crippen LogP contribution < -0.4 is 5.32 Å². The molecule has 122 valence electrons. The van der Waals surface area contributed by atoms with Crippen LogP contribution in [0.15, 0.2) is 6.20 Å². The molecule has 1 saturated heterocycles. The standard InChI is InChI=1S/C15H23N3O3S/c1-10(19)16-7-11-9-18(5-6-21-11)13(20)12-8-17-14(22-12)15(2,3)4/h8,11H,5-7,9H2,1-4H3,(H,16,19)/t11-/m1/s1. The maximum atomic E-state index is 12.6. The highest BCUT2D eigenvalue weighted by molar-refractivity contribution is 7.13. The molecule has 0 spiro atoms. The Balaban J connectivity index is 1.99. The van der Waals surface area contributed by atoms with E-state index in [-0.39, 0.29) is 23.3 Å². The fourth-order valence-corrected chi connectivity index (χ4v) is 3.10. The summed E-state index contributed by atoms with van der Waals surface area (Å²) in [6, 6.07) is 0. The average Bonchev–Trinajstić information content (AvgIpc) is 2.94. The van der Waals surface area contributed by atoms with Crippen molar-refractivity contribution in [1.82, 2.24) is 15.2 Å². The molecule has 1 aromatic heterocycles. The van der Waals surface area contributed by atoms with Gasteiger partial charge in [-0.15, -0.1) is 11.3 Å². The molecule has 1 aliphatic rings. The third kappa shape index (κ3) is 4.27. The van der Waals surface area contributed by atoms with E-state index in [9.17, 15) is 9.59 Å². The average molecular weight is 325 g/mol. The van der Waals surface area contributed by atoms with E-state index in [0.717, 1.165) is 5.01 Å². The first-order valence-electron chi connectivity index (χ1n) is 7.39. The summed E-state index contributed by atoms with van der Waals surface area (Å²) >= 11 is 1.45. The van der Waals surface area contributed by atoms with Crippen LogP contribution in [0.1, 0.15) is 42.4 Å². The van der Waals surface area contributed by atoms with Crippen LogP contribution in [0.25, 0.3) is 0 Å². The Labute approximate surface area is 134 Å². The van der Waals surface area contributed by atoms with Crippen molar-refractivity contribution in [3.8, 4) is 0 Å². The van der Waals surface area contributed by atoms with Gasteiger partial charge in [0.25, 0.3) is 5.91 Å². The maximum absolute atomic E-state index is 12.6. The number of nitrogens with one attached hydrogen (secondary N) is 1. The normalized spacial score (nSPS) is 19.1. The Kier molecular flexibility index (Phi) is 5.18. The second kappa shape index (κ2) is 6.75. The molecule has 6 nitrogen and oxygen atoms in total. The van der Waals surface area contributed by atoms with Crippen LogP contribution >= 0.6 is 11.3 Å². The summed E-state index contributed by atoms with van der Waals surface area (Å²) in [5, 5.41) is 3.68. The van der Waals surface area contributed by atoms with Crippen molar-refractivity contribution in [2.45, 2.75) is 39.2 Å². The second-order valence-electron chi connectivity index (χ2n) is 6.46. The maximum Gasteiger partial charge on any atom is 0.265 e. The molecule has 2 heterocycles. The zero-order chi connectivity index (χ0) is 16.3. The molecule has 1 aromatic rings. The molecule has 0 aromatic carbocycles. The molecule has 0 aliphatic carbocycles. The van der Waals surface area contributed by atoms with Crippen LogP contribution in [-0.4, -0.2) is 54.0 Å². The summed E-state index contributed by atoms with van der Waals surface area (Å²) in [5.74, 6) is -0.103. The summed E-state index contributed by atoms with van der Waals surface area (Å²) in [4.78, 5) is 30.3. The molecule has 0 unspecified atom stereocenters. The van der Waals surface area contributed by atoms with E-state index in [2.05, 4.69) is 31.1 Å². The molecular weight excluding hydrogens is 302 g/mol. The van der Waals surface area contributed by atoms with E-state index in [0.29, 0.717) is 31.1 Å². The number of nitrogens with zero attached hydrogens (tertiary/aromatic N) is 2. The van der Waals surface area contributed by atoms with Crippen molar-refractivity contribution in [2.75, 3.05) is 26.2 Å². The first-order valence-corrected chi connectivity index (χ1v) is 8.20. The van der Waals surface area contributed by atoms with E-state index in [1.807, 2.05) is 0 Å². The molecular formula is C15H23N3O3S. The molecule has 0 saturated carbocycles. The Morgan fingerprint density at radius 1 is 1.50 bits per heavy atom. The smallest absolute Gasteiger partial charge is 0.265 e. The number of aromatic nitrogens is 1. The lowest BCUT2D eigenvalue weighted by Gasteiger charge is -2.32. The summed E-state index contributed by atoms with van der Waals surface area (Å²) in [6.07, 6.45) is 1.50. The Morgan fingerprint density at radius 2 is 2.23 bits per heavy atom. The number of hydrogen-bond acceptors (Lipinski definition) is 5. The van der Waals surface area contributed by atoms with Crippen LogP contribution in [0.2, 0.25) is 0 Å². The molecule has 2 amide bonds. The number of hydrogen-bond donors (Lipinski definition) is 1. The predicted molar refractivity (Wildman–Crippen MR) is 85.1 cm³/mol. The number of rotatable bonds is 3. The van der Waals surface area contributed by atoms with Crippen LogP contribution in [0.4, 0.5) is 0 Å². The number of ether oxygens (including phenoxy) is 1. The van der Waals surface area contributed by atoms with Crippen molar-refractivity contribution in [3.63, 3.8) is 0 Å². The van der Waals surface area contributed by atoms with Gasteiger partial charge in [0, 0.05) is 32.0 Å². The van der Waals surface area contributed by atoms with Crippen LogP contribution in [0.3, 0.4) is 0 Å². The lowest BCUT2D eigenvalue weighted by Crippen LogP contribution is -2.49. The number of carbonyl (C=O) groups excluding carboxylic acids is 2. The topological polar surface area (TPSA) is 71.5 Å². The minimum Gasteiger partial charge on any atom is -0.373 e. The zero-order valence-corrected chi connectivity index (χ0v) is 14.3. The number of thiazole rings is 1. The zero-order valence-electron chi connectivity index (χ0n) is 13.5. The molecule has 1 fully saturated rings. The van der Waals surface area contributed by atoms with Gasteiger partial charge in [0.2, 0.25) is 5.91 Å². The summed E-state index contributed by atoms with van der Waals surface area (Å²) in [7, 11) is 0. The van der Waals surface area contributed by atoms with Gasteiger partial charge in [0.15, 0.2) is 0 Å². The molecule has 1 N–H and O–H groups in total. The molecule has 2 rings (SSSR count). The van der Waals surface area contributed by atoms with E-state index in [1.165, 1.54) is 18.3 Å². The summed E-state index contributed by atoms with van der Waals surface area (Å²) in [5.41, 5.74) is -0.0534. The van der Waals surface area contributed by atoms with Crippen molar-refractivity contribution in [2.24, 2.45) is 0 Å². The van der Waals surface area contributed by atoms with Crippen LogP contribution in [0, 0.1) is 0 Å². The minimum atomic E-state index is -0.156. The number of morpholine rings is 1. The second-order valence-corrected chi connectivity index (χ2v) is 7.49. The van der Waals surface area contributed by atoms with Gasteiger partial charge in [-0.2, -0.15) is 0 Å². The largest absolute Gasteiger partial charge is 0.373 e. The van der Waals surface area contributed by atoms with Gasteiger partial charge in [-0.1, -0.05) is 20.8 Å². The van der Waals surface area contributed by atoms with Crippen LogP contribution in [-0.2, 0) is 14.9 Å². The first-order chi connectivity index (χ1) is 10.3. The van der Waals surface area contributed by atoms with Gasteiger partial charge in [-0.25, -0.2) is 4.98 Å². The highest BCUT2D eigenvalue weighted by Crippen LogP contribution is 2.27. The Bertz CT molecular complexity index is 550. The summed E-state index contributed by atoms with van der Waals surface area (Å²) < 4.78 is 5.58. The van der Waals surface area contributed by atoms with Crippen molar-refractivity contribution < 1.29 is 14.3 Å². The monoisotopic (exact) mass is 325 g/mol. The quantitative estimate of drug-likeness (QED) is 0.912. The van der Waals surface area contributed by atoms with Crippen LogP contribution in [0.5, 0.6) is 0 Å². The Hall–Kier alpha value is -1.47. The van der Waals surface area contributed by atoms with Gasteiger partial charge >= 0.3 is 0 Å². The SMILES string of the molecule is CC(=O)NC[C@@H]1CN(C(=O)c2cnc(C(C)(C)C)s2)CCO1. The third-order valence-corrected chi connectivity index (χ3v) is 4.77. The Morgan fingerprint density at radius 3 is 2.82 bits per heavy atom. The predicted octanol–water partition coefficient (Wildman–Crippen LogP) is 1.42. The minimum absolute atomic E-state index is 0.0101. The molecule has 7 heteroatoms. The van der Waals surface area contributed by atoms with Gasteiger partial charge in [-0.05, 0) is 0 Å². The molecule has 1 aliphatic heterocycles. The number of amides is 2. The third-order valence-electron chi connectivity index (χ3n) is 3.36. The van der Waals surface area contributed by atoms with Gasteiger partial charge in [-0.3, -0.25) is 9.59 Å². The molecule has 0 bridgehead atoms. The fraction of sp³-hybridized carbons (Fsp3) is 0.667. The fourth-order valence-electron chi connectivity index (χ4n) is 2.16. The van der Waals surface area contributed by atoms with E-state index in [4.69, 9.17) is 4.74 Å². The van der Waals surface area contributed by atoms with Crippen molar-refractivity contribution >= 4 is 23.2 Å². The lowest BCUT2D eigenvalue weighted by molar-refractivity contribution is -0.120. The van der Waals surface area contributed by atoms with E-state index in [1.54, 1.807) is 11.1 Å². The highest BCUT2D eigenvalue weighted by atomic mass is 32.1. The van der Waals surface area contributed by atoms with Crippen molar-refractivity contribution in [3.05, 3.63) is 16.1 Å². The summed E-state index contributed by atoms with van der Waals surface area (Å²) in [6.45, 7) is 9.68. The molecule has 0 radical (unpaired) electrons. The molecule has 1 atom stereocenters. The van der Waals surface area contributed by atoms with Gasteiger partial charge < -0.3 is 15.0 Å². The van der Waals surface area contributed by atoms with E-state index >= 15 is 0 Å². The van der Waals surface area contributed by atoms with Gasteiger partial charge in [0.05, 0.1) is 23.9 Å². The molecule has 22 heavy (non-hydrogen) atoms. The lowest BCUT2D eigenvalue weighted by atomic mass is 9.98. The van der Waals surface area contributed by atoms with Crippen molar-refractivity contribution in [1.29, 1.82) is 0 Å². The highest BCUT2D eigenvalue weighted by Gasteiger charge is 2.27.